The molecule has 0 N–H and O–H groups in total. The maximum Gasteiger partial charge on any atom is 0.270 e. The van der Waals surface area contributed by atoms with Crippen LogP contribution >= 0.6 is 11.6 Å². The summed E-state index contributed by atoms with van der Waals surface area (Å²) in [7, 11) is 0. The molecule has 0 aromatic rings. The Bertz CT molecular complexity index is 166. The normalized spacial score (nSPS) is 25.1. The van der Waals surface area contributed by atoms with Gasteiger partial charge in [-0.3, -0.25) is 4.79 Å². The molecule has 1 rings (SSSR count). The van der Waals surface area contributed by atoms with E-state index in [-0.39, 0.29) is 6.10 Å². The van der Waals surface area contributed by atoms with Crippen molar-refractivity contribution in [2.45, 2.75) is 19.4 Å². The van der Waals surface area contributed by atoms with Crippen LogP contribution < -0.4 is 0 Å². The first-order chi connectivity index (χ1) is 4.20. The molecule has 1 aliphatic heterocycles. The van der Waals surface area contributed by atoms with Crippen LogP contribution in [0, 0.1) is 0 Å². The van der Waals surface area contributed by atoms with E-state index in [2.05, 4.69) is 5.16 Å². The zero-order chi connectivity index (χ0) is 6.85. The van der Waals surface area contributed by atoms with Crippen molar-refractivity contribution in [3.05, 3.63) is 0 Å². The Morgan fingerprint density at radius 2 is 2.67 bits per heavy atom. The zero-order valence-electron chi connectivity index (χ0n) is 4.93. The van der Waals surface area contributed by atoms with Gasteiger partial charge in [0.25, 0.3) is 5.24 Å². The summed E-state index contributed by atoms with van der Waals surface area (Å²) in [5.41, 5.74) is 0.323. The van der Waals surface area contributed by atoms with Crippen LogP contribution in [0.15, 0.2) is 5.16 Å². The van der Waals surface area contributed by atoms with Crippen LogP contribution in [-0.2, 0) is 9.63 Å². The molecule has 0 aromatic heterocycles. The van der Waals surface area contributed by atoms with E-state index >= 15 is 0 Å². The Morgan fingerprint density at radius 3 is 2.89 bits per heavy atom. The predicted octanol–water partition coefficient (Wildman–Crippen LogP) is 0.917. The standard InChI is InChI=1S/C5H6ClNO2/c1-3-2-4(5(6)8)7-9-3/h3H,2H2,1H3. The van der Waals surface area contributed by atoms with Crippen molar-refractivity contribution in [3.8, 4) is 0 Å². The molecular formula is C5H6ClNO2. The van der Waals surface area contributed by atoms with Gasteiger partial charge in [-0.25, -0.2) is 0 Å². The number of rotatable bonds is 1. The number of oxime groups is 1. The first-order valence-electron chi connectivity index (χ1n) is 2.62. The van der Waals surface area contributed by atoms with Gasteiger partial charge in [0, 0.05) is 6.42 Å². The second-order valence-corrected chi connectivity index (χ2v) is 2.28. The molecule has 50 valence electrons. The highest BCUT2D eigenvalue weighted by atomic mass is 35.5. The maximum absolute atomic E-state index is 10.3. The van der Waals surface area contributed by atoms with E-state index in [1.54, 1.807) is 0 Å². The van der Waals surface area contributed by atoms with Gasteiger partial charge in [-0.15, -0.1) is 0 Å². The lowest BCUT2D eigenvalue weighted by Crippen LogP contribution is -2.07. The monoisotopic (exact) mass is 147 g/mol. The molecule has 9 heavy (non-hydrogen) atoms. The molecule has 1 aliphatic rings. The minimum absolute atomic E-state index is 0.00250. The fourth-order valence-corrected chi connectivity index (χ4v) is 0.728. The van der Waals surface area contributed by atoms with Gasteiger partial charge < -0.3 is 4.84 Å². The average molecular weight is 148 g/mol. The van der Waals surface area contributed by atoms with E-state index in [4.69, 9.17) is 16.4 Å². The first-order valence-corrected chi connectivity index (χ1v) is 3.00. The van der Waals surface area contributed by atoms with Gasteiger partial charge in [-0.1, -0.05) is 5.16 Å². The lowest BCUT2D eigenvalue weighted by molar-refractivity contribution is -0.106. The number of halogens is 1. The van der Waals surface area contributed by atoms with Crippen molar-refractivity contribution in [2.24, 2.45) is 5.16 Å². The van der Waals surface area contributed by atoms with Gasteiger partial charge >= 0.3 is 0 Å². The molecule has 3 nitrogen and oxygen atoms in total. The number of carbonyl (C=O) groups is 1. The molecule has 0 saturated heterocycles. The molecule has 0 aliphatic carbocycles. The van der Waals surface area contributed by atoms with Crippen LogP contribution in [0.5, 0.6) is 0 Å². The number of hydrogen-bond donors (Lipinski definition) is 0. The third-order valence-corrected chi connectivity index (χ3v) is 1.27. The molecule has 0 radical (unpaired) electrons. The summed E-state index contributed by atoms with van der Waals surface area (Å²) >= 11 is 5.10. The highest BCUT2D eigenvalue weighted by Gasteiger charge is 2.20. The fourth-order valence-electron chi connectivity index (χ4n) is 0.617. The van der Waals surface area contributed by atoms with Crippen molar-refractivity contribution in [2.75, 3.05) is 0 Å². The summed E-state index contributed by atoms with van der Waals surface area (Å²) < 4.78 is 0. The molecule has 1 unspecified atom stereocenters. The largest absolute Gasteiger partial charge is 0.392 e. The van der Waals surface area contributed by atoms with Crippen LogP contribution in [0.2, 0.25) is 0 Å². The van der Waals surface area contributed by atoms with E-state index in [9.17, 15) is 4.79 Å². The lowest BCUT2D eigenvalue weighted by Gasteiger charge is -1.93. The summed E-state index contributed by atoms with van der Waals surface area (Å²) in [6, 6.07) is 0. The van der Waals surface area contributed by atoms with Gasteiger partial charge in [-0.05, 0) is 18.5 Å². The molecule has 0 bridgehead atoms. The summed E-state index contributed by atoms with van der Waals surface area (Å²) in [6.45, 7) is 1.83. The molecule has 0 amide bonds. The predicted molar refractivity (Wildman–Crippen MR) is 33.5 cm³/mol. The second kappa shape index (κ2) is 2.35. The Balaban J connectivity index is 2.55. The number of carbonyl (C=O) groups excluding carboxylic acids is 1. The summed E-state index contributed by atoms with van der Waals surface area (Å²) in [5.74, 6) is 0. The Labute approximate surface area is 57.6 Å². The minimum Gasteiger partial charge on any atom is -0.392 e. The van der Waals surface area contributed by atoms with Crippen molar-refractivity contribution in [3.63, 3.8) is 0 Å². The fraction of sp³-hybridized carbons (Fsp3) is 0.600. The van der Waals surface area contributed by atoms with Gasteiger partial charge in [0.05, 0.1) is 0 Å². The van der Waals surface area contributed by atoms with Gasteiger partial charge in [0.1, 0.15) is 11.8 Å². The molecule has 0 aromatic carbocycles. The topological polar surface area (TPSA) is 38.7 Å². The Kier molecular flexibility index (Phi) is 1.71. The molecule has 0 fully saturated rings. The van der Waals surface area contributed by atoms with Crippen LogP contribution in [0.4, 0.5) is 0 Å². The Morgan fingerprint density at radius 1 is 2.00 bits per heavy atom. The third-order valence-electron chi connectivity index (χ3n) is 1.05. The first kappa shape index (κ1) is 6.55. The van der Waals surface area contributed by atoms with Crippen molar-refractivity contribution >= 4 is 22.6 Å². The highest BCUT2D eigenvalue weighted by molar-refractivity contribution is 6.82. The quantitative estimate of drug-likeness (QED) is 0.518. The highest BCUT2D eigenvalue weighted by Crippen LogP contribution is 2.10. The third kappa shape index (κ3) is 1.42. The minimum atomic E-state index is -0.514. The van der Waals surface area contributed by atoms with E-state index in [1.807, 2.05) is 6.92 Å². The van der Waals surface area contributed by atoms with E-state index in [0.29, 0.717) is 12.1 Å². The SMILES string of the molecule is CC1CC(C(=O)Cl)=NO1. The molecular weight excluding hydrogens is 142 g/mol. The lowest BCUT2D eigenvalue weighted by atomic mass is 10.2. The zero-order valence-corrected chi connectivity index (χ0v) is 5.68. The molecule has 1 atom stereocenters. The summed E-state index contributed by atoms with van der Waals surface area (Å²) in [5, 5.41) is 2.94. The Hall–Kier alpha value is -0.570. The van der Waals surface area contributed by atoms with Gasteiger partial charge in [0.2, 0.25) is 0 Å². The van der Waals surface area contributed by atoms with Crippen LogP contribution in [0.1, 0.15) is 13.3 Å². The van der Waals surface area contributed by atoms with Crippen LogP contribution in [-0.4, -0.2) is 17.1 Å². The molecule has 1 heterocycles. The second-order valence-electron chi connectivity index (χ2n) is 1.93. The van der Waals surface area contributed by atoms with Crippen molar-refractivity contribution in [1.82, 2.24) is 0 Å². The smallest absolute Gasteiger partial charge is 0.270 e. The van der Waals surface area contributed by atoms with Crippen molar-refractivity contribution < 1.29 is 9.63 Å². The van der Waals surface area contributed by atoms with E-state index in [0.717, 1.165) is 0 Å². The molecule has 4 heteroatoms. The molecule has 0 saturated carbocycles. The summed E-state index contributed by atoms with van der Waals surface area (Å²) in [4.78, 5) is 15.1. The summed E-state index contributed by atoms with van der Waals surface area (Å²) in [6.07, 6.45) is 0.533. The van der Waals surface area contributed by atoms with Gasteiger partial charge in [-0.2, -0.15) is 0 Å². The molecule has 0 spiro atoms. The number of hydrogen-bond acceptors (Lipinski definition) is 3. The maximum atomic E-state index is 10.3. The van der Waals surface area contributed by atoms with Crippen LogP contribution in [0.3, 0.4) is 0 Å². The van der Waals surface area contributed by atoms with E-state index < -0.39 is 5.24 Å². The van der Waals surface area contributed by atoms with Crippen molar-refractivity contribution in [1.29, 1.82) is 0 Å². The van der Waals surface area contributed by atoms with Gasteiger partial charge in [0.15, 0.2) is 0 Å². The average Bonchev–Trinajstić information content (AvgIpc) is 2.14. The number of nitrogens with zero attached hydrogens (tertiary/aromatic N) is 1. The van der Waals surface area contributed by atoms with Crippen LogP contribution in [0.25, 0.3) is 0 Å². The van der Waals surface area contributed by atoms with E-state index in [1.165, 1.54) is 0 Å².